The van der Waals surface area contributed by atoms with Crippen LogP contribution in [-0.4, -0.2) is 11.2 Å². The third-order valence-corrected chi connectivity index (χ3v) is 3.96. The predicted octanol–water partition coefficient (Wildman–Crippen LogP) is 3.61. The Balaban J connectivity index is 2.40. The summed E-state index contributed by atoms with van der Waals surface area (Å²) >= 11 is 0. The molecule has 0 saturated heterocycles. The molecular formula is C13H26O. The maximum Gasteiger partial charge on any atom is 0.0565 e. The molecule has 1 rings (SSSR count). The van der Waals surface area contributed by atoms with Crippen LogP contribution in [-0.2, 0) is 0 Å². The van der Waals surface area contributed by atoms with Crippen LogP contribution in [0.4, 0.5) is 0 Å². The Morgan fingerprint density at radius 2 is 1.64 bits per heavy atom. The van der Waals surface area contributed by atoms with Gasteiger partial charge < -0.3 is 5.11 Å². The molecule has 1 saturated carbocycles. The molecule has 3 unspecified atom stereocenters. The van der Waals surface area contributed by atoms with Gasteiger partial charge in [-0.3, -0.25) is 0 Å². The largest absolute Gasteiger partial charge is 0.393 e. The first kappa shape index (κ1) is 12.0. The van der Waals surface area contributed by atoms with E-state index in [2.05, 4.69) is 20.8 Å². The van der Waals surface area contributed by atoms with E-state index >= 15 is 0 Å². The standard InChI is InChI=1S/C13H26O/c1-4-13(14)12-7-5-6-11(8-9-12)10(2)3/h10-14H,4-9H2,1-3H3. The normalized spacial score (nSPS) is 31.5. The molecule has 1 aliphatic carbocycles. The van der Waals surface area contributed by atoms with Crippen molar-refractivity contribution in [2.24, 2.45) is 17.8 Å². The first-order valence-electron chi connectivity index (χ1n) is 6.33. The van der Waals surface area contributed by atoms with Gasteiger partial charge in [-0.25, -0.2) is 0 Å². The molecular weight excluding hydrogens is 172 g/mol. The van der Waals surface area contributed by atoms with E-state index in [1.165, 1.54) is 32.1 Å². The highest BCUT2D eigenvalue weighted by molar-refractivity contribution is 4.76. The van der Waals surface area contributed by atoms with E-state index in [1.807, 2.05) is 0 Å². The van der Waals surface area contributed by atoms with Gasteiger partial charge in [0.25, 0.3) is 0 Å². The minimum Gasteiger partial charge on any atom is -0.393 e. The van der Waals surface area contributed by atoms with Gasteiger partial charge in [-0.15, -0.1) is 0 Å². The van der Waals surface area contributed by atoms with E-state index in [4.69, 9.17) is 0 Å². The lowest BCUT2D eigenvalue weighted by atomic mass is 9.87. The van der Waals surface area contributed by atoms with Crippen molar-refractivity contribution in [2.45, 2.75) is 65.4 Å². The summed E-state index contributed by atoms with van der Waals surface area (Å²) in [5.41, 5.74) is 0. The Morgan fingerprint density at radius 1 is 1.07 bits per heavy atom. The molecule has 0 heterocycles. The molecule has 0 radical (unpaired) electrons. The molecule has 1 N–H and O–H groups in total. The van der Waals surface area contributed by atoms with Crippen LogP contribution in [0.25, 0.3) is 0 Å². The summed E-state index contributed by atoms with van der Waals surface area (Å²) in [7, 11) is 0. The number of aliphatic hydroxyl groups excluding tert-OH is 1. The van der Waals surface area contributed by atoms with Gasteiger partial charge in [-0.2, -0.15) is 0 Å². The SMILES string of the molecule is CCC(O)C1CCCC(C(C)C)CC1. The molecule has 0 bridgehead atoms. The molecule has 3 atom stereocenters. The molecule has 0 aromatic rings. The lowest BCUT2D eigenvalue weighted by molar-refractivity contribution is 0.0937. The molecule has 0 aromatic heterocycles. The second-order valence-corrected chi connectivity index (χ2v) is 5.25. The van der Waals surface area contributed by atoms with Gasteiger partial charge in [0.15, 0.2) is 0 Å². The van der Waals surface area contributed by atoms with Crippen molar-refractivity contribution < 1.29 is 5.11 Å². The van der Waals surface area contributed by atoms with E-state index in [9.17, 15) is 5.11 Å². The fourth-order valence-corrected chi connectivity index (χ4v) is 2.74. The van der Waals surface area contributed by atoms with Crippen molar-refractivity contribution in [1.82, 2.24) is 0 Å². The third-order valence-electron chi connectivity index (χ3n) is 3.96. The van der Waals surface area contributed by atoms with Crippen LogP contribution >= 0.6 is 0 Å². The molecule has 1 aliphatic rings. The van der Waals surface area contributed by atoms with Gasteiger partial charge in [0.05, 0.1) is 6.10 Å². The Morgan fingerprint density at radius 3 is 2.21 bits per heavy atom. The van der Waals surface area contributed by atoms with Crippen LogP contribution < -0.4 is 0 Å². The highest BCUT2D eigenvalue weighted by Crippen LogP contribution is 2.33. The van der Waals surface area contributed by atoms with Gasteiger partial charge in [-0.1, -0.05) is 33.6 Å². The lowest BCUT2D eigenvalue weighted by Gasteiger charge is -2.21. The molecule has 14 heavy (non-hydrogen) atoms. The smallest absolute Gasteiger partial charge is 0.0565 e. The summed E-state index contributed by atoms with van der Waals surface area (Å²) in [6.07, 6.45) is 7.42. The molecule has 1 nitrogen and oxygen atoms in total. The van der Waals surface area contributed by atoms with Crippen LogP contribution in [0.1, 0.15) is 59.3 Å². The van der Waals surface area contributed by atoms with Crippen LogP contribution in [0.2, 0.25) is 0 Å². The van der Waals surface area contributed by atoms with Crippen molar-refractivity contribution in [3.8, 4) is 0 Å². The van der Waals surface area contributed by atoms with E-state index in [0.717, 1.165) is 18.3 Å². The zero-order valence-corrected chi connectivity index (χ0v) is 10.00. The third kappa shape index (κ3) is 3.27. The molecule has 0 spiro atoms. The first-order chi connectivity index (χ1) is 6.65. The topological polar surface area (TPSA) is 20.2 Å². The summed E-state index contributed by atoms with van der Waals surface area (Å²) in [6, 6.07) is 0. The number of hydrogen-bond donors (Lipinski definition) is 1. The summed E-state index contributed by atoms with van der Waals surface area (Å²) in [4.78, 5) is 0. The molecule has 0 amide bonds. The predicted molar refractivity (Wildman–Crippen MR) is 61.2 cm³/mol. The average Bonchev–Trinajstić information content (AvgIpc) is 2.41. The van der Waals surface area contributed by atoms with Crippen molar-refractivity contribution >= 4 is 0 Å². The molecule has 0 aliphatic heterocycles. The summed E-state index contributed by atoms with van der Waals surface area (Å²) in [6.45, 7) is 6.76. The van der Waals surface area contributed by atoms with Crippen molar-refractivity contribution in [3.05, 3.63) is 0 Å². The van der Waals surface area contributed by atoms with Crippen LogP contribution in [0.15, 0.2) is 0 Å². The summed E-state index contributed by atoms with van der Waals surface area (Å²) < 4.78 is 0. The second kappa shape index (κ2) is 5.75. The molecule has 1 heteroatoms. The minimum absolute atomic E-state index is 0.0408. The Kier molecular flexibility index (Phi) is 4.94. The summed E-state index contributed by atoms with van der Waals surface area (Å²) in [5.74, 6) is 2.32. The van der Waals surface area contributed by atoms with Crippen LogP contribution in [0.3, 0.4) is 0 Å². The van der Waals surface area contributed by atoms with E-state index in [1.54, 1.807) is 0 Å². The van der Waals surface area contributed by atoms with Gasteiger partial charge in [0, 0.05) is 0 Å². The van der Waals surface area contributed by atoms with Gasteiger partial charge in [0.1, 0.15) is 0 Å². The van der Waals surface area contributed by atoms with Crippen LogP contribution in [0.5, 0.6) is 0 Å². The number of aliphatic hydroxyl groups is 1. The molecule has 1 fully saturated rings. The Bertz CT molecular complexity index is 153. The minimum atomic E-state index is -0.0408. The van der Waals surface area contributed by atoms with Gasteiger partial charge in [0.2, 0.25) is 0 Å². The lowest BCUT2D eigenvalue weighted by Crippen LogP contribution is -2.19. The highest BCUT2D eigenvalue weighted by atomic mass is 16.3. The fraction of sp³-hybridized carbons (Fsp3) is 1.00. The van der Waals surface area contributed by atoms with E-state index < -0.39 is 0 Å². The van der Waals surface area contributed by atoms with Gasteiger partial charge in [-0.05, 0) is 43.4 Å². The van der Waals surface area contributed by atoms with Crippen LogP contribution in [0, 0.1) is 17.8 Å². The quantitative estimate of drug-likeness (QED) is 0.687. The average molecular weight is 198 g/mol. The zero-order valence-electron chi connectivity index (χ0n) is 10.00. The van der Waals surface area contributed by atoms with Gasteiger partial charge >= 0.3 is 0 Å². The van der Waals surface area contributed by atoms with Crippen molar-refractivity contribution in [1.29, 1.82) is 0 Å². The second-order valence-electron chi connectivity index (χ2n) is 5.25. The number of hydrogen-bond acceptors (Lipinski definition) is 1. The van der Waals surface area contributed by atoms with E-state index in [-0.39, 0.29) is 6.10 Å². The highest BCUT2D eigenvalue weighted by Gasteiger charge is 2.24. The first-order valence-corrected chi connectivity index (χ1v) is 6.33. The fourth-order valence-electron chi connectivity index (χ4n) is 2.74. The molecule has 0 aromatic carbocycles. The summed E-state index contributed by atoms with van der Waals surface area (Å²) in [5, 5.41) is 9.83. The number of rotatable bonds is 3. The Labute approximate surface area is 88.9 Å². The van der Waals surface area contributed by atoms with Crippen molar-refractivity contribution in [2.75, 3.05) is 0 Å². The maximum absolute atomic E-state index is 9.83. The van der Waals surface area contributed by atoms with Crippen molar-refractivity contribution in [3.63, 3.8) is 0 Å². The van der Waals surface area contributed by atoms with E-state index in [0.29, 0.717) is 5.92 Å². The maximum atomic E-state index is 9.83. The zero-order chi connectivity index (χ0) is 10.6. The molecule has 84 valence electrons. The Hall–Kier alpha value is -0.0400. The monoisotopic (exact) mass is 198 g/mol.